The van der Waals surface area contributed by atoms with E-state index in [2.05, 4.69) is 20.5 Å². The van der Waals surface area contributed by atoms with Gasteiger partial charge in [-0.25, -0.2) is 10.1 Å². The molecular formula is C9H8N4O2S. The van der Waals surface area contributed by atoms with Gasteiger partial charge in [0.2, 0.25) is 0 Å². The maximum atomic E-state index is 11.5. The third kappa shape index (κ3) is 2.51. The van der Waals surface area contributed by atoms with E-state index in [1.54, 1.807) is 5.51 Å². The second-order valence-corrected chi connectivity index (χ2v) is 3.69. The first-order valence-electron chi connectivity index (χ1n) is 4.47. The Morgan fingerprint density at radius 2 is 2.38 bits per heavy atom. The molecule has 2 aromatic heterocycles. The molecule has 0 aromatic carbocycles. The SMILES string of the molecule is O=C(NCc1cscn1)c1ccc(=O)[nH]n1. The van der Waals surface area contributed by atoms with Crippen molar-refractivity contribution in [1.29, 1.82) is 0 Å². The second-order valence-electron chi connectivity index (χ2n) is 2.97. The molecule has 2 N–H and O–H groups in total. The molecule has 6 nitrogen and oxygen atoms in total. The fraction of sp³-hybridized carbons (Fsp3) is 0.111. The Bertz CT molecular complexity index is 514. The summed E-state index contributed by atoms with van der Waals surface area (Å²) in [5, 5.41) is 10.3. The van der Waals surface area contributed by atoms with Gasteiger partial charge in [-0.3, -0.25) is 9.59 Å². The number of aromatic amines is 1. The molecule has 82 valence electrons. The van der Waals surface area contributed by atoms with Crippen molar-refractivity contribution in [3.05, 3.63) is 44.8 Å². The Morgan fingerprint density at radius 3 is 3.00 bits per heavy atom. The van der Waals surface area contributed by atoms with Gasteiger partial charge in [-0.2, -0.15) is 5.10 Å². The van der Waals surface area contributed by atoms with Crippen molar-refractivity contribution in [2.75, 3.05) is 0 Å². The van der Waals surface area contributed by atoms with Gasteiger partial charge in [0.1, 0.15) is 5.69 Å². The van der Waals surface area contributed by atoms with Gasteiger partial charge >= 0.3 is 0 Å². The first-order valence-corrected chi connectivity index (χ1v) is 5.41. The van der Waals surface area contributed by atoms with E-state index < -0.39 is 0 Å². The lowest BCUT2D eigenvalue weighted by Gasteiger charge is -2.01. The van der Waals surface area contributed by atoms with Crippen molar-refractivity contribution in [3.63, 3.8) is 0 Å². The van der Waals surface area contributed by atoms with E-state index in [0.717, 1.165) is 5.69 Å². The quantitative estimate of drug-likeness (QED) is 0.794. The Balaban J connectivity index is 1.98. The molecule has 0 bridgehead atoms. The van der Waals surface area contributed by atoms with Crippen LogP contribution in [-0.2, 0) is 6.54 Å². The van der Waals surface area contributed by atoms with Crippen LogP contribution in [0.3, 0.4) is 0 Å². The van der Waals surface area contributed by atoms with Gasteiger partial charge in [0.05, 0.1) is 17.7 Å². The van der Waals surface area contributed by atoms with E-state index in [9.17, 15) is 9.59 Å². The first kappa shape index (κ1) is 10.5. The van der Waals surface area contributed by atoms with Gasteiger partial charge in [-0.1, -0.05) is 0 Å². The standard InChI is InChI=1S/C9H8N4O2S/c14-8-2-1-7(12-13-8)9(15)10-3-6-4-16-5-11-6/h1-2,4-5H,3H2,(H,10,15)(H,13,14). The predicted octanol–water partition coefficient (Wildman–Crippen LogP) is 0.156. The molecule has 0 atom stereocenters. The minimum Gasteiger partial charge on any atom is -0.345 e. The van der Waals surface area contributed by atoms with Gasteiger partial charge in [0.25, 0.3) is 11.5 Å². The number of aromatic nitrogens is 3. The molecule has 2 heterocycles. The number of carbonyl (C=O) groups is 1. The molecular weight excluding hydrogens is 228 g/mol. The molecule has 0 saturated heterocycles. The maximum absolute atomic E-state index is 11.5. The molecule has 0 radical (unpaired) electrons. The fourth-order valence-corrected chi connectivity index (χ4v) is 1.62. The summed E-state index contributed by atoms with van der Waals surface area (Å²) in [5.74, 6) is -0.343. The van der Waals surface area contributed by atoms with Crippen molar-refractivity contribution in [1.82, 2.24) is 20.5 Å². The summed E-state index contributed by atoms with van der Waals surface area (Å²) < 4.78 is 0. The van der Waals surface area contributed by atoms with Gasteiger partial charge < -0.3 is 5.32 Å². The van der Waals surface area contributed by atoms with Crippen LogP contribution in [0.1, 0.15) is 16.2 Å². The highest BCUT2D eigenvalue weighted by Gasteiger charge is 2.06. The molecule has 0 aliphatic rings. The van der Waals surface area contributed by atoms with Crippen LogP contribution in [0.15, 0.2) is 27.8 Å². The smallest absolute Gasteiger partial charge is 0.272 e. The lowest BCUT2D eigenvalue weighted by molar-refractivity contribution is 0.0944. The Labute approximate surface area is 94.4 Å². The molecule has 2 rings (SSSR count). The second kappa shape index (κ2) is 4.67. The highest BCUT2D eigenvalue weighted by Crippen LogP contribution is 2.00. The lowest BCUT2D eigenvalue weighted by atomic mass is 10.3. The lowest BCUT2D eigenvalue weighted by Crippen LogP contribution is -2.25. The number of thiazole rings is 1. The molecule has 0 unspecified atom stereocenters. The summed E-state index contributed by atoms with van der Waals surface area (Å²) in [7, 11) is 0. The first-order chi connectivity index (χ1) is 7.75. The molecule has 0 aliphatic carbocycles. The molecule has 0 spiro atoms. The fourth-order valence-electron chi connectivity index (χ4n) is 1.06. The number of nitrogens with one attached hydrogen (secondary N) is 2. The Kier molecular flexibility index (Phi) is 3.06. The van der Waals surface area contributed by atoms with Crippen LogP contribution >= 0.6 is 11.3 Å². The van der Waals surface area contributed by atoms with Crippen LogP contribution in [0, 0.1) is 0 Å². The molecule has 0 saturated carbocycles. The number of nitrogens with zero attached hydrogens (tertiary/aromatic N) is 2. The molecule has 0 fully saturated rings. The highest BCUT2D eigenvalue weighted by molar-refractivity contribution is 7.07. The van der Waals surface area contributed by atoms with Crippen molar-refractivity contribution in [3.8, 4) is 0 Å². The van der Waals surface area contributed by atoms with E-state index in [4.69, 9.17) is 0 Å². The number of hydrogen-bond acceptors (Lipinski definition) is 5. The maximum Gasteiger partial charge on any atom is 0.272 e. The highest BCUT2D eigenvalue weighted by atomic mass is 32.1. The zero-order chi connectivity index (χ0) is 11.4. The van der Waals surface area contributed by atoms with Crippen molar-refractivity contribution in [2.24, 2.45) is 0 Å². The van der Waals surface area contributed by atoms with Crippen molar-refractivity contribution >= 4 is 17.2 Å². The summed E-state index contributed by atoms with van der Waals surface area (Å²) in [6, 6.07) is 2.62. The van der Waals surface area contributed by atoms with Crippen LogP contribution in [-0.4, -0.2) is 21.1 Å². The molecule has 1 amide bonds. The minimum atomic E-state index is -0.343. The van der Waals surface area contributed by atoms with Crippen LogP contribution in [0.25, 0.3) is 0 Å². The van der Waals surface area contributed by atoms with E-state index >= 15 is 0 Å². The monoisotopic (exact) mass is 236 g/mol. The molecule has 7 heteroatoms. The van der Waals surface area contributed by atoms with E-state index in [1.807, 2.05) is 5.38 Å². The molecule has 0 aliphatic heterocycles. The van der Waals surface area contributed by atoms with E-state index in [-0.39, 0.29) is 17.2 Å². The van der Waals surface area contributed by atoms with Gasteiger partial charge in [-0.15, -0.1) is 11.3 Å². The summed E-state index contributed by atoms with van der Waals surface area (Å²) in [6.07, 6.45) is 0. The largest absolute Gasteiger partial charge is 0.345 e. The van der Waals surface area contributed by atoms with Gasteiger partial charge in [0.15, 0.2) is 0 Å². The predicted molar refractivity (Wildman–Crippen MR) is 58.1 cm³/mol. The van der Waals surface area contributed by atoms with E-state index in [0.29, 0.717) is 6.54 Å². The summed E-state index contributed by atoms with van der Waals surface area (Å²) in [4.78, 5) is 26.3. The topological polar surface area (TPSA) is 87.7 Å². The number of hydrogen-bond donors (Lipinski definition) is 2. The summed E-state index contributed by atoms with van der Waals surface area (Å²) >= 11 is 1.46. The van der Waals surface area contributed by atoms with Crippen LogP contribution in [0.2, 0.25) is 0 Å². The third-order valence-electron chi connectivity index (χ3n) is 1.83. The normalized spacial score (nSPS) is 10.0. The minimum absolute atomic E-state index is 0.176. The summed E-state index contributed by atoms with van der Waals surface area (Å²) in [5.41, 5.74) is 2.33. The molecule has 16 heavy (non-hydrogen) atoms. The van der Waals surface area contributed by atoms with Crippen molar-refractivity contribution < 1.29 is 4.79 Å². The zero-order valence-electron chi connectivity index (χ0n) is 8.14. The number of rotatable bonds is 3. The summed E-state index contributed by atoms with van der Waals surface area (Å²) in [6.45, 7) is 0.350. The van der Waals surface area contributed by atoms with Gasteiger partial charge in [-0.05, 0) is 6.07 Å². The third-order valence-corrected chi connectivity index (χ3v) is 2.46. The zero-order valence-corrected chi connectivity index (χ0v) is 8.95. The Hall–Kier alpha value is -2.02. The van der Waals surface area contributed by atoms with Crippen LogP contribution < -0.4 is 10.9 Å². The van der Waals surface area contributed by atoms with Gasteiger partial charge in [0, 0.05) is 11.4 Å². The van der Waals surface area contributed by atoms with Crippen molar-refractivity contribution in [2.45, 2.75) is 6.54 Å². The average Bonchev–Trinajstić information content (AvgIpc) is 2.80. The van der Waals surface area contributed by atoms with E-state index in [1.165, 1.54) is 23.5 Å². The van der Waals surface area contributed by atoms with Crippen LogP contribution in [0.5, 0.6) is 0 Å². The Morgan fingerprint density at radius 1 is 1.50 bits per heavy atom. The number of carbonyl (C=O) groups excluding carboxylic acids is 1. The molecule has 2 aromatic rings. The van der Waals surface area contributed by atoms with Crippen LogP contribution in [0.4, 0.5) is 0 Å². The average molecular weight is 236 g/mol. The number of amides is 1. The number of H-pyrrole nitrogens is 1.